The third kappa shape index (κ3) is 2.66. The Bertz CT molecular complexity index is 509. The van der Waals surface area contributed by atoms with Crippen LogP contribution in [0.15, 0.2) is 33.2 Å². The number of aromatic amines is 1. The number of H-pyrrole nitrogens is 1. The molecule has 1 aromatic carbocycles. The Morgan fingerprint density at radius 2 is 2.27 bits per heavy atom. The number of para-hydroxylation sites is 1. The van der Waals surface area contributed by atoms with Crippen molar-refractivity contribution in [1.82, 2.24) is 10.2 Å². The summed E-state index contributed by atoms with van der Waals surface area (Å²) in [6, 6.07) is 7.55. The summed E-state index contributed by atoms with van der Waals surface area (Å²) in [6.45, 7) is 0.246. The molecule has 0 atom stereocenters. The van der Waals surface area contributed by atoms with Crippen LogP contribution in [0.1, 0.15) is 5.89 Å². The third-order valence-electron chi connectivity index (χ3n) is 1.67. The molecule has 2 rings (SSSR count). The van der Waals surface area contributed by atoms with Gasteiger partial charge in [0.2, 0.25) is 0 Å². The van der Waals surface area contributed by atoms with Gasteiger partial charge in [0.05, 0.1) is 4.47 Å². The van der Waals surface area contributed by atoms with Crippen molar-refractivity contribution in [3.8, 4) is 5.75 Å². The van der Waals surface area contributed by atoms with Gasteiger partial charge in [-0.2, -0.15) is 0 Å². The van der Waals surface area contributed by atoms with E-state index >= 15 is 0 Å². The lowest BCUT2D eigenvalue weighted by Crippen LogP contribution is -1.96. The zero-order valence-electron chi connectivity index (χ0n) is 7.57. The lowest BCUT2D eigenvalue weighted by atomic mass is 10.3. The second kappa shape index (κ2) is 4.59. The molecule has 78 valence electrons. The predicted octanol–water partition coefficient (Wildman–Crippen LogP) is 3.07. The monoisotopic (exact) mass is 286 g/mol. The number of hydrogen-bond acceptors (Lipinski definition) is 4. The molecule has 6 heteroatoms. The molecule has 0 bridgehead atoms. The zero-order chi connectivity index (χ0) is 10.7. The number of benzene rings is 1. The van der Waals surface area contributed by atoms with Crippen LogP contribution in [-0.4, -0.2) is 10.2 Å². The second-order valence-corrected chi connectivity index (χ2v) is 3.95. The fourth-order valence-electron chi connectivity index (χ4n) is 1.02. The second-order valence-electron chi connectivity index (χ2n) is 2.73. The molecule has 0 fully saturated rings. The van der Waals surface area contributed by atoms with E-state index in [-0.39, 0.29) is 11.4 Å². The highest BCUT2D eigenvalue weighted by molar-refractivity contribution is 9.10. The Morgan fingerprint density at radius 3 is 2.93 bits per heavy atom. The minimum Gasteiger partial charge on any atom is -0.483 e. The highest BCUT2D eigenvalue weighted by Gasteiger charge is 2.03. The molecular weight excluding hydrogens is 280 g/mol. The Hall–Kier alpha value is -1.14. The molecule has 0 saturated heterocycles. The number of rotatable bonds is 3. The van der Waals surface area contributed by atoms with E-state index in [0.717, 1.165) is 10.2 Å². The summed E-state index contributed by atoms with van der Waals surface area (Å²) in [5.74, 6) is 1.16. The van der Waals surface area contributed by atoms with Crippen LogP contribution in [0.4, 0.5) is 0 Å². The van der Waals surface area contributed by atoms with Crippen molar-refractivity contribution in [3.05, 3.63) is 39.5 Å². The van der Waals surface area contributed by atoms with Gasteiger partial charge in [-0.3, -0.25) is 0 Å². The summed E-state index contributed by atoms with van der Waals surface area (Å²) in [4.78, 5) is 0.251. The molecule has 0 spiro atoms. The first-order valence-corrected chi connectivity index (χ1v) is 5.37. The molecular formula is C9H7BrN2O2S. The maximum Gasteiger partial charge on any atom is 0.284 e. The SMILES string of the molecule is S=c1[nH]nc(COc2ccccc2Br)o1. The molecule has 0 saturated carbocycles. The van der Waals surface area contributed by atoms with Gasteiger partial charge < -0.3 is 9.15 Å². The Kier molecular flexibility index (Phi) is 3.17. The normalized spacial score (nSPS) is 10.2. The average Bonchev–Trinajstić information content (AvgIpc) is 2.63. The summed E-state index contributed by atoms with van der Waals surface area (Å²) in [6.07, 6.45) is 0. The zero-order valence-corrected chi connectivity index (χ0v) is 9.97. The number of halogens is 1. The van der Waals surface area contributed by atoms with Crippen molar-refractivity contribution in [2.75, 3.05) is 0 Å². The number of nitrogens with one attached hydrogen (secondary N) is 1. The molecule has 0 aliphatic carbocycles. The van der Waals surface area contributed by atoms with E-state index in [4.69, 9.17) is 21.4 Å². The first kappa shape index (κ1) is 10.4. The van der Waals surface area contributed by atoms with Crippen LogP contribution in [0.2, 0.25) is 0 Å². The average molecular weight is 287 g/mol. The van der Waals surface area contributed by atoms with Crippen molar-refractivity contribution in [3.63, 3.8) is 0 Å². The fourth-order valence-corrected chi connectivity index (χ4v) is 1.56. The largest absolute Gasteiger partial charge is 0.483 e. The van der Waals surface area contributed by atoms with Crippen molar-refractivity contribution in [2.24, 2.45) is 0 Å². The highest BCUT2D eigenvalue weighted by Crippen LogP contribution is 2.24. The van der Waals surface area contributed by atoms with Gasteiger partial charge in [-0.15, -0.1) is 5.10 Å². The molecule has 0 unspecified atom stereocenters. The predicted molar refractivity (Wildman–Crippen MR) is 60.2 cm³/mol. The van der Waals surface area contributed by atoms with Gasteiger partial charge in [0.25, 0.3) is 10.7 Å². The molecule has 0 aliphatic rings. The van der Waals surface area contributed by atoms with Gasteiger partial charge in [-0.05, 0) is 40.3 Å². The van der Waals surface area contributed by atoms with Crippen molar-refractivity contribution in [2.45, 2.75) is 6.61 Å². The molecule has 4 nitrogen and oxygen atoms in total. The van der Waals surface area contributed by atoms with Crippen molar-refractivity contribution in [1.29, 1.82) is 0 Å². The summed E-state index contributed by atoms with van der Waals surface area (Å²) >= 11 is 8.11. The van der Waals surface area contributed by atoms with Gasteiger partial charge >= 0.3 is 0 Å². The maximum atomic E-state index is 5.47. The van der Waals surface area contributed by atoms with Gasteiger partial charge in [-0.1, -0.05) is 12.1 Å². The summed E-state index contributed by atoms with van der Waals surface area (Å²) in [5.41, 5.74) is 0. The molecule has 1 aromatic heterocycles. The Balaban J connectivity index is 2.05. The first-order chi connectivity index (χ1) is 7.25. The number of aromatic nitrogens is 2. The number of hydrogen-bond donors (Lipinski definition) is 1. The quantitative estimate of drug-likeness (QED) is 0.881. The summed E-state index contributed by atoms with van der Waals surface area (Å²) in [5, 5.41) is 6.35. The first-order valence-electron chi connectivity index (χ1n) is 4.17. The topological polar surface area (TPSA) is 51.0 Å². The van der Waals surface area contributed by atoms with Crippen LogP contribution in [0.5, 0.6) is 5.75 Å². The van der Waals surface area contributed by atoms with Gasteiger partial charge in [-0.25, -0.2) is 5.10 Å². The number of nitrogens with zero attached hydrogens (tertiary/aromatic N) is 1. The molecule has 0 amide bonds. The van der Waals surface area contributed by atoms with Crippen LogP contribution >= 0.6 is 28.1 Å². The van der Waals surface area contributed by atoms with E-state index in [1.807, 2.05) is 24.3 Å². The summed E-state index contributed by atoms with van der Waals surface area (Å²) in [7, 11) is 0. The minimum atomic E-state index is 0.246. The number of ether oxygens (including phenoxy) is 1. The lowest BCUT2D eigenvalue weighted by Gasteiger charge is -2.04. The van der Waals surface area contributed by atoms with Crippen LogP contribution in [-0.2, 0) is 6.61 Å². The van der Waals surface area contributed by atoms with Gasteiger partial charge in [0.1, 0.15) is 5.75 Å². The minimum absolute atomic E-state index is 0.246. The van der Waals surface area contributed by atoms with Crippen LogP contribution in [0.3, 0.4) is 0 Å². The van der Waals surface area contributed by atoms with E-state index in [0.29, 0.717) is 5.89 Å². The van der Waals surface area contributed by atoms with Crippen molar-refractivity contribution < 1.29 is 9.15 Å². The highest BCUT2D eigenvalue weighted by atomic mass is 79.9. The molecule has 2 aromatic rings. The van der Waals surface area contributed by atoms with Crippen LogP contribution < -0.4 is 4.74 Å². The van der Waals surface area contributed by atoms with E-state index in [9.17, 15) is 0 Å². The molecule has 1 heterocycles. The van der Waals surface area contributed by atoms with E-state index in [1.54, 1.807) is 0 Å². The Labute approximate surface area is 99.4 Å². The molecule has 1 N–H and O–H groups in total. The van der Waals surface area contributed by atoms with Gasteiger partial charge in [0.15, 0.2) is 6.61 Å². The van der Waals surface area contributed by atoms with E-state index < -0.39 is 0 Å². The summed E-state index contributed by atoms with van der Waals surface area (Å²) < 4.78 is 11.4. The van der Waals surface area contributed by atoms with Gasteiger partial charge in [0, 0.05) is 0 Å². The molecule has 0 radical (unpaired) electrons. The molecule has 0 aliphatic heterocycles. The third-order valence-corrected chi connectivity index (χ3v) is 2.50. The Morgan fingerprint density at radius 1 is 1.47 bits per heavy atom. The van der Waals surface area contributed by atoms with E-state index in [2.05, 4.69) is 26.1 Å². The standard InChI is InChI=1S/C9H7BrN2O2S/c10-6-3-1-2-4-7(6)13-5-8-11-12-9(15)14-8/h1-4H,5H2,(H,12,15). The van der Waals surface area contributed by atoms with Crippen molar-refractivity contribution >= 4 is 28.1 Å². The fraction of sp³-hybridized carbons (Fsp3) is 0.111. The van der Waals surface area contributed by atoms with E-state index in [1.165, 1.54) is 0 Å². The maximum absolute atomic E-state index is 5.47. The lowest BCUT2D eigenvalue weighted by molar-refractivity contribution is 0.260. The van der Waals surface area contributed by atoms with Crippen LogP contribution in [0, 0.1) is 4.84 Å². The molecule has 15 heavy (non-hydrogen) atoms. The smallest absolute Gasteiger partial charge is 0.284 e. The van der Waals surface area contributed by atoms with Crippen LogP contribution in [0.25, 0.3) is 0 Å².